The van der Waals surface area contributed by atoms with E-state index in [4.69, 9.17) is 9.84 Å². The Morgan fingerprint density at radius 2 is 1.78 bits per heavy atom. The number of aliphatic carboxylic acids is 1. The molecule has 1 aliphatic heterocycles. The third-order valence-electron chi connectivity index (χ3n) is 3.68. The molecule has 1 saturated heterocycles. The molecule has 23 heavy (non-hydrogen) atoms. The van der Waals surface area contributed by atoms with E-state index in [1.165, 1.54) is 0 Å². The number of hydrogen-bond donors (Lipinski definition) is 2. The molecular weight excluding hydrogens is 300 g/mol. The van der Waals surface area contributed by atoms with E-state index in [9.17, 15) is 14.4 Å². The number of piperidine rings is 1. The van der Waals surface area contributed by atoms with Gasteiger partial charge in [0.05, 0.1) is 0 Å². The van der Waals surface area contributed by atoms with E-state index < -0.39 is 17.7 Å². The fourth-order valence-corrected chi connectivity index (χ4v) is 2.48. The number of hydrogen-bond acceptors (Lipinski definition) is 4. The quantitative estimate of drug-likeness (QED) is 0.777. The molecule has 7 nitrogen and oxygen atoms in total. The summed E-state index contributed by atoms with van der Waals surface area (Å²) in [5.74, 6) is -0.514. The average molecular weight is 328 g/mol. The van der Waals surface area contributed by atoms with E-state index in [1.807, 2.05) is 20.8 Å². The molecule has 1 rings (SSSR count). The zero-order chi connectivity index (χ0) is 17.5. The maximum Gasteiger partial charge on any atom is 0.407 e. The van der Waals surface area contributed by atoms with Crippen LogP contribution >= 0.6 is 0 Å². The number of alkyl carbamates (subject to hydrolysis) is 1. The van der Waals surface area contributed by atoms with Gasteiger partial charge in [-0.15, -0.1) is 0 Å². The van der Waals surface area contributed by atoms with Crippen LogP contribution < -0.4 is 5.32 Å². The Kier molecular flexibility index (Phi) is 7.32. The highest BCUT2D eigenvalue weighted by molar-refractivity contribution is 5.77. The van der Waals surface area contributed by atoms with Crippen molar-refractivity contribution in [3.8, 4) is 0 Å². The van der Waals surface area contributed by atoms with Gasteiger partial charge in [0.1, 0.15) is 5.60 Å². The Balaban J connectivity index is 2.21. The van der Waals surface area contributed by atoms with Crippen LogP contribution in [0.5, 0.6) is 0 Å². The van der Waals surface area contributed by atoms with Gasteiger partial charge >= 0.3 is 12.1 Å². The lowest BCUT2D eigenvalue weighted by Crippen LogP contribution is -2.42. The molecule has 0 unspecified atom stereocenters. The number of carbonyl (C=O) groups excluding carboxylic acids is 2. The van der Waals surface area contributed by atoms with Gasteiger partial charge in [-0.1, -0.05) is 0 Å². The predicted octanol–water partition coefficient (Wildman–Crippen LogP) is 2.00. The predicted molar refractivity (Wildman–Crippen MR) is 85.0 cm³/mol. The molecule has 1 fully saturated rings. The molecular formula is C16H28N2O5. The number of likely N-dealkylation sites (tertiary alicyclic amines) is 1. The average Bonchev–Trinajstić information content (AvgIpc) is 2.43. The molecule has 0 saturated carbocycles. The SMILES string of the molecule is CC(C)(C)OC(=O)NCC1CCN(C(=O)CCCC(=O)O)CC1. The second kappa shape index (κ2) is 8.74. The van der Waals surface area contributed by atoms with E-state index in [-0.39, 0.29) is 18.7 Å². The standard InChI is InChI=1S/C16H28N2O5/c1-16(2,3)23-15(22)17-11-12-7-9-18(10-8-12)13(19)5-4-6-14(20)21/h12H,4-11H2,1-3H3,(H,17,22)(H,20,21). The Morgan fingerprint density at radius 3 is 2.30 bits per heavy atom. The van der Waals surface area contributed by atoms with Crippen molar-refractivity contribution in [2.45, 2.75) is 58.5 Å². The smallest absolute Gasteiger partial charge is 0.407 e. The van der Waals surface area contributed by atoms with Crippen molar-refractivity contribution in [3.63, 3.8) is 0 Å². The van der Waals surface area contributed by atoms with Crippen LogP contribution in [0.2, 0.25) is 0 Å². The summed E-state index contributed by atoms with van der Waals surface area (Å²) in [6.07, 6.45) is 1.95. The van der Waals surface area contributed by atoms with Gasteiger partial charge in [0.25, 0.3) is 0 Å². The van der Waals surface area contributed by atoms with Crippen LogP contribution in [0.25, 0.3) is 0 Å². The van der Waals surface area contributed by atoms with Crippen LogP contribution in [-0.4, -0.2) is 53.2 Å². The van der Waals surface area contributed by atoms with Crippen molar-refractivity contribution in [2.24, 2.45) is 5.92 Å². The Labute approximate surface area is 137 Å². The van der Waals surface area contributed by atoms with Gasteiger partial charge in [-0.2, -0.15) is 0 Å². The summed E-state index contributed by atoms with van der Waals surface area (Å²) in [7, 11) is 0. The molecule has 0 aromatic rings. The molecule has 0 spiro atoms. The number of carboxylic acid groups (broad SMARTS) is 1. The van der Waals surface area contributed by atoms with Gasteiger partial charge < -0.3 is 20.1 Å². The number of nitrogens with zero attached hydrogens (tertiary/aromatic N) is 1. The monoisotopic (exact) mass is 328 g/mol. The fourth-order valence-electron chi connectivity index (χ4n) is 2.48. The Bertz CT molecular complexity index is 423. The molecule has 7 heteroatoms. The summed E-state index contributed by atoms with van der Waals surface area (Å²) in [4.78, 5) is 35.8. The largest absolute Gasteiger partial charge is 0.481 e. The van der Waals surface area contributed by atoms with Gasteiger partial charge in [-0.25, -0.2) is 4.79 Å². The first-order chi connectivity index (χ1) is 10.7. The summed E-state index contributed by atoms with van der Waals surface area (Å²) >= 11 is 0. The van der Waals surface area contributed by atoms with E-state index in [0.29, 0.717) is 32.0 Å². The minimum absolute atomic E-state index is 0.0183. The highest BCUT2D eigenvalue weighted by Crippen LogP contribution is 2.18. The highest BCUT2D eigenvalue weighted by atomic mass is 16.6. The first-order valence-electron chi connectivity index (χ1n) is 8.14. The third-order valence-corrected chi connectivity index (χ3v) is 3.68. The first-order valence-corrected chi connectivity index (χ1v) is 8.14. The molecule has 0 atom stereocenters. The first kappa shape index (κ1) is 19.3. The molecule has 132 valence electrons. The van der Waals surface area contributed by atoms with Crippen LogP contribution in [0.3, 0.4) is 0 Å². The molecule has 0 aromatic carbocycles. The normalized spacial score (nSPS) is 16.0. The van der Waals surface area contributed by atoms with Crippen LogP contribution in [0, 0.1) is 5.92 Å². The second-order valence-electron chi connectivity index (χ2n) is 6.95. The summed E-state index contributed by atoms with van der Waals surface area (Å²) in [6.45, 7) is 7.33. The minimum Gasteiger partial charge on any atom is -0.481 e. The molecule has 0 bridgehead atoms. The molecule has 1 heterocycles. The summed E-state index contributed by atoms with van der Waals surface area (Å²) in [5.41, 5.74) is -0.504. The maximum atomic E-state index is 12.0. The number of carbonyl (C=O) groups is 3. The highest BCUT2D eigenvalue weighted by Gasteiger charge is 2.23. The minimum atomic E-state index is -0.871. The van der Waals surface area contributed by atoms with Crippen molar-refractivity contribution in [2.75, 3.05) is 19.6 Å². The number of nitrogens with one attached hydrogen (secondary N) is 1. The van der Waals surface area contributed by atoms with E-state index >= 15 is 0 Å². The molecule has 2 N–H and O–H groups in total. The van der Waals surface area contributed by atoms with Crippen molar-refractivity contribution in [1.82, 2.24) is 10.2 Å². The molecule has 1 aliphatic rings. The van der Waals surface area contributed by atoms with Gasteiger partial charge in [0, 0.05) is 32.5 Å². The molecule has 0 radical (unpaired) electrons. The lowest BCUT2D eigenvalue weighted by molar-refractivity contribution is -0.137. The number of carboxylic acids is 1. The van der Waals surface area contributed by atoms with Gasteiger partial charge in [0.15, 0.2) is 0 Å². The van der Waals surface area contributed by atoms with Crippen molar-refractivity contribution < 1.29 is 24.2 Å². The van der Waals surface area contributed by atoms with Crippen LogP contribution in [0.1, 0.15) is 52.9 Å². The number of rotatable bonds is 6. The third kappa shape index (κ3) is 8.42. The van der Waals surface area contributed by atoms with Crippen molar-refractivity contribution >= 4 is 18.0 Å². The molecule has 0 aromatic heterocycles. The maximum absolute atomic E-state index is 12.0. The number of ether oxygens (including phenoxy) is 1. The van der Waals surface area contributed by atoms with E-state index in [1.54, 1.807) is 4.90 Å². The number of amides is 2. The second-order valence-corrected chi connectivity index (χ2v) is 6.95. The summed E-state index contributed by atoms with van der Waals surface area (Å²) in [6, 6.07) is 0. The zero-order valence-corrected chi connectivity index (χ0v) is 14.3. The Hall–Kier alpha value is -1.79. The van der Waals surface area contributed by atoms with E-state index in [0.717, 1.165) is 12.8 Å². The molecule has 0 aliphatic carbocycles. The zero-order valence-electron chi connectivity index (χ0n) is 14.3. The Morgan fingerprint density at radius 1 is 1.17 bits per heavy atom. The lowest BCUT2D eigenvalue weighted by atomic mass is 9.96. The van der Waals surface area contributed by atoms with Crippen LogP contribution in [-0.2, 0) is 14.3 Å². The fraction of sp³-hybridized carbons (Fsp3) is 0.812. The molecule has 2 amide bonds. The topological polar surface area (TPSA) is 95.9 Å². The lowest BCUT2D eigenvalue weighted by Gasteiger charge is -2.32. The van der Waals surface area contributed by atoms with Crippen LogP contribution in [0.15, 0.2) is 0 Å². The summed E-state index contributed by atoms with van der Waals surface area (Å²) in [5, 5.41) is 11.3. The van der Waals surface area contributed by atoms with Gasteiger partial charge in [0.2, 0.25) is 5.91 Å². The van der Waals surface area contributed by atoms with E-state index in [2.05, 4.69) is 5.32 Å². The summed E-state index contributed by atoms with van der Waals surface area (Å²) < 4.78 is 5.19. The van der Waals surface area contributed by atoms with Gasteiger partial charge in [-0.3, -0.25) is 9.59 Å². The van der Waals surface area contributed by atoms with Crippen molar-refractivity contribution in [1.29, 1.82) is 0 Å². The van der Waals surface area contributed by atoms with Crippen LogP contribution in [0.4, 0.5) is 4.79 Å². The van der Waals surface area contributed by atoms with Crippen molar-refractivity contribution in [3.05, 3.63) is 0 Å². The van der Waals surface area contributed by atoms with Gasteiger partial charge in [-0.05, 0) is 46.0 Å².